The van der Waals surface area contributed by atoms with Crippen LogP contribution >= 0.6 is 15.9 Å². The SMILES string of the molecule is O=C([O-])COc1ccccc1Br. The fourth-order valence-electron chi connectivity index (χ4n) is 0.698. The van der Waals surface area contributed by atoms with E-state index in [0.717, 1.165) is 4.47 Å². The van der Waals surface area contributed by atoms with Crippen molar-refractivity contribution in [1.29, 1.82) is 0 Å². The van der Waals surface area contributed by atoms with Crippen molar-refractivity contribution in [3.63, 3.8) is 0 Å². The first-order chi connectivity index (χ1) is 5.70. The molecular weight excluding hydrogens is 224 g/mol. The van der Waals surface area contributed by atoms with Gasteiger partial charge in [-0.1, -0.05) is 12.1 Å². The lowest BCUT2D eigenvalue weighted by Gasteiger charge is -2.07. The third kappa shape index (κ3) is 2.54. The van der Waals surface area contributed by atoms with Gasteiger partial charge in [0.15, 0.2) is 0 Å². The van der Waals surface area contributed by atoms with E-state index in [-0.39, 0.29) is 0 Å². The molecule has 64 valence electrons. The average molecular weight is 230 g/mol. The van der Waals surface area contributed by atoms with Gasteiger partial charge in [-0.3, -0.25) is 0 Å². The topological polar surface area (TPSA) is 49.4 Å². The quantitative estimate of drug-likeness (QED) is 0.762. The first-order valence-corrected chi connectivity index (χ1v) is 4.06. The minimum absolute atomic E-state index is 0.428. The fourth-order valence-corrected chi connectivity index (χ4v) is 1.10. The van der Waals surface area contributed by atoms with Gasteiger partial charge in [0.2, 0.25) is 0 Å². The van der Waals surface area contributed by atoms with Crippen LogP contribution in [0.25, 0.3) is 0 Å². The van der Waals surface area contributed by atoms with E-state index in [1.165, 1.54) is 0 Å². The number of carbonyl (C=O) groups is 1. The molecule has 1 rings (SSSR count). The summed E-state index contributed by atoms with van der Waals surface area (Å²) in [7, 11) is 0. The van der Waals surface area contributed by atoms with Crippen LogP contribution in [0.3, 0.4) is 0 Å². The van der Waals surface area contributed by atoms with Crippen molar-refractivity contribution < 1.29 is 14.6 Å². The van der Waals surface area contributed by atoms with Crippen LogP contribution in [0.1, 0.15) is 0 Å². The number of ether oxygens (including phenoxy) is 1. The minimum Gasteiger partial charge on any atom is -0.546 e. The summed E-state index contributed by atoms with van der Waals surface area (Å²) in [6, 6.07) is 7.02. The zero-order chi connectivity index (χ0) is 8.97. The maximum absolute atomic E-state index is 10.0. The summed E-state index contributed by atoms with van der Waals surface area (Å²) in [5.41, 5.74) is 0. The van der Waals surface area contributed by atoms with Crippen molar-refractivity contribution in [3.05, 3.63) is 28.7 Å². The van der Waals surface area contributed by atoms with Crippen molar-refractivity contribution in [2.24, 2.45) is 0 Å². The first-order valence-electron chi connectivity index (χ1n) is 3.27. The Bertz CT molecular complexity index is 285. The highest BCUT2D eigenvalue weighted by molar-refractivity contribution is 9.10. The number of aliphatic carboxylic acids is 1. The van der Waals surface area contributed by atoms with Crippen molar-refractivity contribution in [2.45, 2.75) is 0 Å². The normalized spacial score (nSPS) is 9.42. The molecule has 0 bridgehead atoms. The Kier molecular flexibility index (Phi) is 3.10. The molecule has 0 aromatic heterocycles. The molecule has 0 N–H and O–H groups in total. The Balaban J connectivity index is 2.63. The van der Waals surface area contributed by atoms with Gasteiger partial charge in [0.1, 0.15) is 12.4 Å². The standard InChI is InChI=1S/C8H7BrO3/c9-6-3-1-2-4-7(6)12-5-8(10)11/h1-4H,5H2,(H,10,11)/p-1. The summed E-state index contributed by atoms with van der Waals surface area (Å²) in [4.78, 5) is 10.0. The van der Waals surface area contributed by atoms with E-state index in [1.54, 1.807) is 18.2 Å². The van der Waals surface area contributed by atoms with Crippen LogP contribution in [0.5, 0.6) is 5.75 Å². The molecule has 0 saturated heterocycles. The monoisotopic (exact) mass is 229 g/mol. The third-order valence-electron chi connectivity index (χ3n) is 1.18. The molecule has 4 heteroatoms. The molecule has 0 radical (unpaired) electrons. The van der Waals surface area contributed by atoms with Crippen LogP contribution in [-0.2, 0) is 4.79 Å². The van der Waals surface area contributed by atoms with E-state index in [4.69, 9.17) is 4.74 Å². The smallest absolute Gasteiger partial charge is 0.134 e. The highest BCUT2D eigenvalue weighted by Crippen LogP contribution is 2.23. The lowest BCUT2D eigenvalue weighted by Crippen LogP contribution is -2.28. The molecule has 0 saturated carbocycles. The largest absolute Gasteiger partial charge is 0.546 e. The zero-order valence-electron chi connectivity index (χ0n) is 6.12. The molecule has 12 heavy (non-hydrogen) atoms. The number of para-hydroxylation sites is 1. The Morgan fingerprint density at radius 1 is 1.50 bits per heavy atom. The molecule has 0 amide bonds. The van der Waals surface area contributed by atoms with Gasteiger partial charge in [-0.2, -0.15) is 0 Å². The number of rotatable bonds is 3. The van der Waals surface area contributed by atoms with E-state index in [0.29, 0.717) is 5.75 Å². The summed E-state index contributed by atoms with van der Waals surface area (Å²) in [5, 5.41) is 10.0. The second-order valence-corrected chi connectivity index (χ2v) is 2.95. The predicted molar refractivity (Wildman–Crippen MR) is 44.6 cm³/mol. The molecule has 0 atom stereocenters. The Hall–Kier alpha value is -1.03. The van der Waals surface area contributed by atoms with Crippen LogP contribution < -0.4 is 9.84 Å². The van der Waals surface area contributed by atoms with Gasteiger partial charge in [0, 0.05) is 0 Å². The van der Waals surface area contributed by atoms with Gasteiger partial charge >= 0.3 is 0 Å². The number of hydrogen-bond acceptors (Lipinski definition) is 3. The highest BCUT2D eigenvalue weighted by atomic mass is 79.9. The Morgan fingerprint density at radius 3 is 2.75 bits per heavy atom. The summed E-state index contributed by atoms with van der Waals surface area (Å²) in [6.07, 6.45) is 0. The van der Waals surface area contributed by atoms with Crippen LogP contribution in [0, 0.1) is 0 Å². The van der Waals surface area contributed by atoms with Crippen LogP contribution in [0.4, 0.5) is 0 Å². The Morgan fingerprint density at radius 2 is 2.17 bits per heavy atom. The van der Waals surface area contributed by atoms with Gasteiger partial charge in [-0.25, -0.2) is 0 Å². The lowest BCUT2D eigenvalue weighted by atomic mass is 10.3. The Labute approximate surface area is 78.1 Å². The predicted octanol–water partition coefficient (Wildman–Crippen LogP) is 0.578. The van der Waals surface area contributed by atoms with Crippen molar-refractivity contribution in [1.82, 2.24) is 0 Å². The summed E-state index contributed by atoms with van der Waals surface area (Å²) in [5.74, 6) is -0.729. The minimum atomic E-state index is -1.23. The van der Waals surface area contributed by atoms with E-state index < -0.39 is 12.6 Å². The van der Waals surface area contributed by atoms with Crippen LogP contribution in [0.15, 0.2) is 28.7 Å². The number of halogens is 1. The average Bonchev–Trinajstić information content (AvgIpc) is 2.03. The molecular formula is C8H6BrO3-. The maximum Gasteiger partial charge on any atom is 0.134 e. The second kappa shape index (κ2) is 4.11. The number of carbonyl (C=O) groups excluding carboxylic acids is 1. The summed E-state index contributed by atoms with van der Waals surface area (Å²) >= 11 is 3.21. The van der Waals surface area contributed by atoms with Crippen LogP contribution in [0.2, 0.25) is 0 Å². The summed E-state index contributed by atoms with van der Waals surface area (Å²) < 4.78 is 5.62. The van der Waals surface area contributed by atoms with Gasteiger partial charge in [0.25, 0.3) is 0 Å². The van der Waals surface area contributed by atoms with Gasteiger partial charge in [0.05, 0.1) is 10.4 Å². The molecule has 0 fully saturated rings. The molecule has 0 heterocycles. The molecule has 3 nitrogen and oxygen atoms in total. The number of benzene rings is 1. The van der Waals surface area contributed by atoms with E-state index in [2.05, 4.69) is 15.9 Å². The molecule has 0 aliphatic carbocycles. The third-order valence-corrected chi connectivity index (χ3v) is 1.84. The van der Waals surface area contributed by atoms with Gasteiger partial charge < -0.3 is 14.6 Å². The van der Waals surface area contributed by atoms with Crippen LogP contribution in [-0.4, -0.2) is 12.6 Å². The van der Waals surface area contributed by atoms with Gasteiger partial charge in [-0.15, -0.1) is 0 Å². The molecule has 1 aromatic carbocycles. The molecule has 0 aliphatic rings. The number of carboxylic acid groups (broad SMARTS) is 1. The molecule has 0 unspecified atom stereocenters. The second-order valence-electron chi connectivity index (χ2n) is 2.09. The van der Waals surface area contributed by atoms with Crippen molar-refractivity contribution in [2.75, 3.05) is 6.61 Å². The molecule has 0 spiro atoms. The fraction of sp³-hybridized carbons (Fsp3) is 0.125. The van der Waals surface area contributed by atoms with Crippen molar-refractivity contribution in [3.8, 4) is 5.75 Å². The first kappa shape index (κ1) is 9.06. The van der Waals surface area contributed by atoms with E-state index >= 15 is 0 Å². The zero-order valence-corrected chi connectivity index (χ0v) is 7.71. The van der Waals surface area contributed by atoms with Gasteiger partial charge in [-0.05, 0) is 28.1 Å². The number of hydrogen-bond donors (Lipinski definition) is 0. The molecule has 1 aromatic rings. The van der Waals surface area contributed by atoms with E-state index in [1.807, 2.05) is 6.07 Å². The maximum atomic E-state index is 10.0. The van der Waals surface area contributed by atoms with E-state index in [9.17, 15) is 9.90 Å². The molecule has 0 aliphatic heterocycles. The lowest BCUT2D eigenvalue weighted by molar-refractivity contribution is -0.307. The summed E-state index contributed by atoms with van der Waals surface area (Å²) in [6.45, 7) is -0.428. The highest BCUT2D eigenvalue weighted by Gasteiger charge is 1.97. The van der Waals surface area contributed by atoms with Crippen molar-refractivity contribution >= 4 is 21.9 Å². The number of carboxylic acids is 1.